The van der Waals surface area contributed by atoms with Crippen molar-refractivity contribution < 1.29 is 9.32 Å². The Balaban J connectivity index is 1.70. The Morgan fingerprint density at radius 1 is 1.23 bits per heavy atom. The van der Waals surface area contributed by atoms with E-state index in [2.05, 4.69) is 15.5 Å². The summed E-state index contributed by atoms with van der Waals surface area (Å²) >= 11 is 0. The highest BCUT2D eigenvalue weighted by Gasteiger charge is 2.20. The summed E-state index contributed by atoms with van der Waals surface area (Å²) in [6, 6.07) is 9.87. The van der Waals surface area contributed by atoms with E-state index in [1.807, 2.05) is 51.1 Å². The Morgan fingerprint density at radius 3 is 2.59 bits per heavy atom. The van der Waals surface area contributed by atoms with Crippen molar-refractivity contribution in [3.63, 3.8) is 0 Å². The van der Waals surface area contributed by atoms with Crippen LogP contribution in [0.4, 0.5) is 0 Å². The van der Waals surface area contributed by atoms with Crippen LogP contribution in [0.2, 0.25) is 0 Å². The normalized spacial score (nSPS) is 11.4. The minimum absolute atomic E-state index is 0.0411. The van der Waals surface area contributed by atoms with Crippen LogP contribution in [0.3, 0.4) is 0 Å². The number of carbonyl (C=O) groups is 1. The maximum absolute atomic E-state index is 11.8. The van der Waals surface area contributed by atoms with Crippen LogP contribution in [-0.4, -0.2) is 16.0 Å². The van der Waals surface area contributed by atoms with Crippen LogP contribution < -0.4 is 5.32 Å². The molecule has 2 aromatic rings. The molecule has 0 fully saturated rings. The maximum Gasteiger partial charge on any atom is 0.226 e. The fraction of sp³-hybridized carbons (Fsp3) is 0.471. The molecule has 0 saturated heterocycles. The van der Waals surface area contributed by atoms with Crippen LogP contribution in [0.15, 0.2) is 34.9 Å². The highest BCUT2D eigenvalue weighted by molar-refractivity contribution is 5.75. The molecule has 0 spiro atoms. The van der Waals surface area contributed by atoms with Crippen LogP contribution in [0.1, 0.15) is 50.9 Å². The van der Waals surface area contributed by atoms with Gasteiger partial charge in [0.25, 0.3) is 0 Å². The van der Waals surface area contributed by atoms with Crippen LogP contribution in [0, 0.1) is 0 Å². The van der Waals surface area contributed by atoms with Crippen LogP contribution >= 0.6 is 0 Å². The number of hydrogen-bond acceptors (Lipinski definition) is 4. The lowest BCUT2D eigenvalue weighted by molar-refractivity contribution is -0.121. The third-order valence-electron chi connectivity index (χ3n) is 3.27. The minimum atomic E-state index is -0.116. The Morgan fingerprint density at radius 2 is 1.95 bits per heavy atom. The molecular formula is C17H23N3O2. The van der Waals surface area contributed by atoms with Crippen molar-refractivity contribution in [1.29, 1.82) is 0 Å². The molecule has 0 atom stereocenters. The van der Waals surface area contributed by atoms with Gasteiger partial charge < -0.3 is 9.84 Å². The molecule has 1 amide bonds. The number of amides is 1. The standard InChI is InChI=1S/C17H23N3O2/c1-17(2,3)16-19-15(22-20-16)11-7-10-14(21)18-12-13-8-5-4-6-9-13/h4-6,8-9H,7,10-12H2,1-3H3,(H,18,21). The van der Waals surface area contributed by atoms with E-state index in [0.29, 0.717) is 37.5 Å². The van der Waals surface area contributed by atoms with Gasteiger partial charge in [-0.25, -0.2) is 0 Å². The molecule has 118 valence electrons. The summed E-state index contributed by atoms with van der Waals surface area (Å²) in [5.41, 5.74) is 0.983. The smallest absolute Gasteiger partial charge is 0.226 e. The van der Waals surface area contributed by atoms with Crippen molar-refractivity contribution in [1.82, 2.24) is 15.5 Å². The summed E-state index contributed by atoms with van der Waals surface area (Å²) in [5.74, 6) is 1.34. The Labute approximate surface area is 131 Å². The zero-order chi connectivity index (χ0) is 16.0. The van der Waals surface area contributed by atoms with Gasteiger partial charge in [0.2, 0.25) is 11.8 Å². The number of aryl methyl sites for hydroxylation is 1. The Bertz CT molecular complexity index is 600. The van der Waals surface area contributed by atoms with Gasteiger partial charge in [0.05, 0.1) is 0 Å². The molecule has 0 aliphatic heterocycles. The molecule has 1 aromatic heterocycles. The molecule has 1 N–H and O–H groups in total. The van der Waals surface area contributed by atoms with Gasteiger partial charge >= 0.3 is 0 Å². The third-order valence-corrected chi connectivity index (χ3v) is 3.27. The van der Waals surface area contributed by atoms with Gasteiger partial charge in [-0.3, -0.25) is 4.79 Å². The molecule has 1 heterocycles. The fourth-order valence-corrected chi connectivity index (χ4v) is 1.95. The van der Waals surface area contributed by atoms with E-state index < -0.39 is 0 Å². The quantitative estimate of drug-likeness (QED) is 0.890. The first-order chi connectivity index (χ1) is 10.4. The van der Waals surface area contributed by atoms with Crippen LogP contribution in [0.25, 0.3) is 0 Å². The van der Waals surface area contributed by atoms with E-state index in [1.54, 1.807) is 0 Å². The van der Waals surface area contributed by atoms with Gasteiger partial charge in [0.15, 0.2) is 5.82 Å². The molecular weight excluding hydrogens is 278 g/mol. The molecule has 0 radical (unpaired) electrons. The number of nitrogens with zero attached hydrogens (tertiary/aromatic N) is 2. The average molecular weight is 301 g/mol. The summed E-state index contributed by atoms with van der Waals surface area (Å²) < 4.78 is 5.21. The topological polar surface area (TPSA) is 68.0 Å². The first-order valence-corrected chi connectivity index (χ1v) is 7.59. The number of hydrogen-bond donors (Lipinski definition) is 1. The van der Waals surface area contributed by atoms with Crippen molar-refractivity contribution >= 4 is 5.91 Å². The van der Waals surface area contributed by atoms with Crippen LogP contribution in [-0.2, 0) is 23.2 Å². The largest absolute Gasteiger partial charge is 0.352 e. The fourth-order valence-electron chi connectivity index (χ4n) is 1.95. The van der Waals surface area contributed by atoms with Crippen molar-refractivity contribution in [3.05, 3.63) is 47.6 Å². The van der Waals surface area contributed by atoms with Gasteiger partial charge in [0.1, 0.15) is 0 Å². The summed E-state index contributed by atoms with van der Waals surface area (Å²) in [6.07, 6.45) is 1.79. The van der Waals surface area contributed by atoms with Gasteiger partial charge in [-0.15, -0.1) is 0 Å². The summed E-state index contributed by atoms with van der Waals surface area (Å²) in [5, 5.41) is 6.88. The molecule has 1 aromatic carbocycles. The van der Waals surface area contributed by atoms with Crippen molar-refractivity contribution in [2.45, 2.75) is 52.0 Å². The molecule has 5 heteroatoms. The lowest BCUT2D eigenvalue weighted by atomic mass is 9.96. The monoisotopic (exact) mass is 301 g/mol. The molecule has 0 unspecified atom stereocenters. The predicted molar refractivity (Wildman–Crippen MR) is 84.2 cm³/mol. The Hall–Kier alpha value is -2.17. The first-order valence-electron chi connectivity index (χ1n) is 7.59. The number of carbonyl (C=O) groups excluding carboxylic acids is 1. The van der Waals surface area contributed by atoms with E-state index in [-0.39, 0.29) is 11.3 Å². The second kappa shape index (κ2) is 7.20. The number of rotatable bonds is 6. The molecule has 22 heavy (non-hydrogen) atoms. The highest BCUT2D eigenvalue weighted by Crippen LogP contribution is 2.18. The van der Waals surface area contributed by atoms with Gasteiger partial charge in [-0.05, 0) is 12.0 Å². The lowest BCUT2D eigenvalue weighted by Crippen LogP contribution is -2.22. The third kappa shape index (κ3) is 4.98. The molecule has 0 saturated carbocycles. The number of nitrogens with one attached hydrogen (secondary N) is 1. The average Bonchev–Trinajstić information content (AvgIpc) is 2.95. The highest BCUT2D eigenvalue weighted by atomic mass is 16.5. The SMILES string of the molecule is CC(C)(C)c1noc(CCCC(=O)NCc2ccccc2)n1. The Kier molecular flexibility index (Phi) is 5.31. The van der Waals surface area contributed by atoms with Gasteiger partial charge in [-0.2, -0.15) is 4.98 Å². The maximum atomic E-state index is 11.8. The lowest BCUT2D eigenvalue weighted by Gasteiger charge is -2.10. The molecule has 0 aliphatic carbocycles. The summed E-state index contributed by atoms with van der Waals surface area (Å²) in [6.45, 7) is 6.68. The molecule has 5 nitrogen and oxygen atoms in total. The number of benzene rings is 1. The summed E-state index contributed by atoms with van der Waals surface area (Å²) in [4.78, 5) is 16.2. The molecule has 0 aliphatic rings. The molecule has 0 bridgehead atoms. The predicted octanol–water partition coefficient (Wildman–Crippen LogP) is 3.01. The number of aromatic nitrogens is 2. The van der Waals surface area contributed by atoms with E-state index in [4.69, 9.17) is 4.52 Å². The summed E-state index contributed by atoms with van der Waals surface area (Å²) in [7, 11) is 0. The van der Waals surface area contributed by atoms with Gasteiger partial charge in [0, 0.05) is 24.8 Å². The van der Waals surface area contributed by atoms with Crippen molar-refractivity contribution in [2.75, 3.05) is 0 Å². The molecule has 2 rings (SSSR count). The van der Waals surface area contributed by atoms with Crippen molar-refractivity contribution in [3.8, 4) is 0 Å². The second-order valence-corrected chi connectivity index (χ2v) is 6.38. The van der Waals surface area contributed by atoms with Crippen LogP contribution in [0.5, 0.6) is 0 Å². The van der Waals surface area contributed by atoms with E-state index in [1.165, 1.54) is 0 Å². The van der Waals surface area contributed by atoms with E-state index in [0.717, 1.165) is 5.56 Å². The zero-order valence-corrected chi connectivity index (χ0v) is 13.4. The van der Waals surface area contributed by atoms with Gasteiger partial charge in [-0.1, -0.05) is 56.3 Å². The minimum Gasteiger partial charge on any atom is -0.352 e. The first kappa shape index (κ1) is 16.2. The van der Waals surface area contributed by atoms with E-state index in [9.17, 15) is 4.79 Å². The zero-order valence-electron chi connectivity index (χ0n) is 13.4. The second-order valence-electron chi connectivity index (χ2n) is 6.38. The van der Waals surface area contributed by atoms with Crippen molar-refractivity contribution in [2.24, 2.45) is 0 Å². The van der Waals surface area contributed by atoms with E-state index >= 15 is 0 Å².